The van der Waals surface area contributed by atoms with Crippen molar-refractivity contribution in [2.24, 2.45) is 11.1 Å². The lowest BCUT2D eigenvalue weighted by molar-refractivity contribution is -0.119. The van der Waals surface area contributed by atoms with Gasteiger partial charge in [0.25, 0.3) is 0 Å². The lowest BCUT2D eigenvalue weighted by atomic mass is 9.87. The van der Waals surface area contributed by atoms with Crippen molar-refractivity contribution in [1.29, 1.82) is 0 Å². The van der Waals surface area contributed by atoms with E-state index in [9.17, 15) is 4.79 Å². The summed E-state index contributed by atoms with van der Waals surface area (Å²) >= 11 is 0. The summed E-state index contributed by atoms with van der Waals surface area (Å²) in [7, 11) is 0. The fourth-order valence-corrected chi connectivity index (χ4v) is 1.88. The number of benzene rings is 2. The third-order valence-electron chi connectivity index (χ3n) is 3.23. The standard InChI is InChI=1S/C16H20N2O/c1-16(2,3)14(17)15(19)18-13-9-8-11-6-4-5-7-12(11)10-13/h4-10,14H,17H2,1-3H3,(H,18,19). The Labute approximate surface area is 113 Å². The van der Waals surface area contributed by atoms with Crippen LogP contribution in [-0.4, -0.2) is 11.9 Å². The van der Waals surface area contributed by atoms with Crippen molar-refractivity contribution in [2.45, 2.75) is 26.8 Å². The number of carbonyl (C=O) groups excluding carboxylic acids is 1. The first-order chi connectivity index (χ1) is 8.88. The van der Waals surface area contributed by atoms with Crippen molar-refractivity contribution >= 4 is 22.4 Å². The zero-order chi connectivity index (χ0) is 14.0. The number of anilines is 1. The molecule has 3 N–H and O–H groups in total. The van der Waals surface area contributed by atoms with Crippen LogP contribution in [0.5, 0.6) is 0 Å². The van der Waals surface area contributed by atoms with E-state index < -0.39 is 6.04 Å². The normalized spacial score (nSPS) is 13.3. The van der Waals surface area contributed by atoms with Gasteiger partial charge in [0, 0.05) is 5.69 Å². The van der Waals surface area contributed by atoms with Gasteiger partial charge in [0.2, 0.25) is 5.91 Å². The Morgan fingerprint density at radius 1 is 1.11 bits per heavy atom. The summed E-state index contributed by atoms with van der Waals surface area (Å²) in [4.78, 5) is 12.1. The van der Waals surface area contributed by atoms with Gasteiger partial charge in [0.1, 0.15) is 0 Å². The summed E-state index contributed by atoms with van der Waals surface area (Å²) in [5.41, 5.74) is 6.47. The fourth-order valence-electron chi connectivity index (χ4n) is 1.88. The first-order valence-electron chi connectivity index (χ1n) is 6.43. The maximum absolute atomic E-state index is 12.1. The van der Waals surface area contributed by atoms with Crippen molar-refractivity contribution in [1.82, 2.24) is 0 Å². The first-order valence-corrected chi connectivity index (χ1v) is 6.43. The van der Waals surface area contributed by atoms with Crippen LogP contribution in [0.3, 0.4) is 0 Å². The molecule has 2 rings (SSSR count). The van der Waals surface area contributed by atoms with Crippen molar-refractivity contribution in [2.75, 3.05) is 5.32 Å². The molecule has 1 amide bonds. The Bertz CT molecular complexity index is 599. The minimum atomic E-state index is -0.529. The van der Waals surface area contributed by atoms with Crippen LogP contribution < -0.4 is 11.1 Å². The average Bonchev–Trinajstić information content (AvgIpc) is 2.36. The summed E-state index contributed by atoms with van der Waals surface area (Å²) in [6.45, 7) is 5.87. The molecule has 0 heterocycles. The summed E-state index contributed by atoms with van der Waals surface area (Å²) in [6.07, 6.45) is 0. The smallest absolute Gasteiger partial charge is 0.241 e. The molecule has 0 aliphatic heterocycles. The number of amides is 1. The van der Waals surface area contributed by atoms with Gasteiger partial charge in [-0.1, -0.05) is 51.1 Å². The van der Waals surface area contributed by atoms with Crippen LogP contribution >= 0.6 is 0 Å². The van der Waals surface area contributed by atoms with E-state index in [4.69, 9.17) is 5.73 Å². The van der Waals surface area contributed by atoms with Crippen molar-refractivity contribution in [3.8, 4) is 0 Å². The lowest BCUT2D eigenvalue weighted by Crippen LogP contribution is -2.45. The van der Waals surface area contributed by atoms with Crippen LogP contribution in [-0.2, 0) is 4.79 Å². The highest BCUT2D eigenvalue weighted by molar-refractivity contribution is 5.97. The molecule has 0 saturated carbocycles. The van der Waals surface area contributed by atoms with Crippen LogP contribution in [0.2, 0.25) is 0 Å². The van der Waals surface area contributed by atoms with Gasteiger partial charge in [-0.15, -0.1) is 0 Å². The molecule has 19 heavy (non-hydrogen) atoms. The Morgan fingerprint density at radius 2 is 1.74 bits per heavy atom. The van der Waals surface area contributed by atoms with E-state index in [2.05, 4.69) is 5.32 Å². The zero-order valence-electron chi connectivity index (χ0n) is 11.6. The SMILES string of the molecule is CC(C)(C)C(N)C(=O)Nc1ccc2ccccc2c1. The number of nitrogens with two attached hydrogens (primary N) is 1. The molecule has 0 aromatic heterocycles. The van der Waals surface area contributed by atoms with Crippen molar-refractivity contribution in [3.05, 3.63) is 42.5 Å². The monoisotopic (exact) mass is 256 g/mol. The summed E-state index contributed by atoms with van der Waals surface area (Å²) in [5.74, 6) is -0.150. The lowest BCUT2D eigenvalue weighted by Gasteiger charge is -2.25. The van der Waals surface area contributed by atoms with E-state index >= 15 is 0 Å². The second-order valence-corrected chi connectivity index (χ2v) is 5.89. The zero-order valence-corrected chi connectivity index (χ0v) is 11.6. The Hall–Kier alpha value is -1.87. The molecule has 0 bridgehead atoms. The second-order valence-electron chi connectivity index (χ2n) is 5.89. The van der Waals surface area contributed by atoms with Gasteiger partial charge in [-0.05, 0) is 28.3 Å². The fraction of sp³-hybridized carbons (Fsp3) is 0.312. The highest BCUT2D eigenvalue weighted by atomic mass is 16.2. The van der Waals surface area contributed by atoms with Crippen LogP contribution in [0.25, 0.3) is 10.8 Å². The Kier molecular flexibility index (Phi) is 3.58. The molecule has 3 heteroatoms. The number of fused-ring (bicyclic) bond motifs is 1. The number of nitrogens with one attached hydrogen (secondary N) is 1. The maximum Gasteiger partial charge on any atom is 0.241 e. The van der Waals surface area contributed by atoms with Gasteiger partial charge < -0.3 is 11.1 Å². The molecule has 3 nitrogen and oxygen atoms in total. The molecule has 0 aliphatic rings. The minimum Gasteiger partial charge on any atom is -0.325 e. The first kappa shape index (κ1) is 13.6. The molecule has 0 saturated heterocycles. The third kappa shape index (κ3) is 3.12. The average molecular weight is 256 g/mol. The summed E-state index contributed by atoms with van der Waals surface area (Å²) in [5, 5.41) is 5.13. The minimum absolute atomic E-state index is 0.150. The van der Waals surface area contributed by atoms with Gasteiger partial charge in [-0.25, -0.2) is 0 Å². The largest absolute Gasteiger partial charge is 0.325 e. The highest BCUT2D eigenvalue weighted by Crippen LogP contribution is 2.21. The van der Waals surface area contributed by atoms with Gasteiger partial charge >= 0.3 is 0 Å². The molecule has 2 aromatic carbocycles. The molecule has 0 aliphatic carbocycles. The number of hydrogen-bond donors (Lipinski definition) is 2. The molecular weight excluding hydrogens is 236 g/mol. The summed E-state index contributed by atoms with van der Waals surface area (Å²) < 4.78 is 0. The quantitative estimate of drug-likeness (QED) is 0.867. The topological polar surface area (TPSA) is 55.1 Å². The van der Waals surface area contributed by atoms with Crippen LogP contribution in [0.1, 0.15) is 20.8 Å². The van der Waals surface area contributed by atoms with E-state index in [1.807, 2.05) is 63.2 Å². The number of carbonyl (C=O) groups is 1. The molecule has 1 unspecified atom stereocenters. The van der Waals surface area contributed by atoms with Crippen molar-refractivity contribution in [3.63, 3.8) is 0 Å². The van der Waals surface area contributed by atoms with Gasteiger partial charge in [0.05, 0.1) is 6.04 Å². The van der Waals surface area contributed by atoms with Gasteiger partial charge in [-0.2, -0.15) is 0 Å². The Morgan fingerprint density at radius 3 is 2.37 bits per heavy atom. The van der Waals surface area contributed by atoms with Gasteiger partial charge in [0.15, 0.2) is 0 Å². The van der Waals surface area contributed by atoms with E-state index in [-0.39, 0.29) is 11.3 Å². The van der Waals surface area contributed by atoms with E-state index in [1.54, 1.807) is 0 Å². The predicted octanol–water partition coefficient (Wildman–Crippen LogP) is 3.15. The van der Waals surface area contributed by atoms with Gasteiger partial charge in [-0.3, -0.25) is 4.79 Å². The molecule has 0 fully saturated rings. The molecule has 0 radical (unpaired) electrons. The predicted molar refractivity (Wildman–Crippen MR) is 80.0 cm³/mol. The molecule has 0 spiro atoms. The molecular formula is C16H20N2O. The van der Waals surface area contributed by atoms with E-state index in [0.717, 1.165) is 16.5 Å². The summed E-state index contributed by atoms with van der Waals surface area (Å²) in [6, 6.07) is 13.4. The second kappa shape index (κ2) is 5.02. The number of hydrogen-bond acceptors (Lipinski definition) is 2. The Balaban J connectivity index is 2.20. The third-order valence-corrected chi connectivity index (χ3v) is 3.23. The highest BCUT2D eigenvalue weighted by Gasteiger charge is 2.27. The van der Waals surface area contributed by atoms with E-state index in [1.165, 1.54) is 0 Å². The molecule has 100 valence electrons. The van der Waals surface area contributed by atoms with E-state index in [0.29, 0.717) is 0 Å². The maximum atomic E-state index is 12.1. The van der Waals surface area contributed by atoms with Crippen LogP contribution in [0, 0.1) is 5.41 Å². The molecule has 2 aromatic rings. The number of rotatable bonds is 2. The van der Waals surface area contributed by atoms with Crippen molar-refractivity contribution < 1.29 is 4.79 Å². The van der Waals surface area contributed by atoms with Crippen LogP contribution in [0.15, 0.2) is 42.5 Å². The van der Waals surface area contributed by atoms with Crippen LogP contribution in [0.4, 0.5) is 5.69 Å². The molecule has 1 atom stereocenters.